The molecule has 7 nitrogen and oxygen atoms in total. The van der Waals surface area contributed by atoms with E-state index in [4.69, 9.17) is 4.74 Å². The zero-order valence-electron chi connectivity index (χ0n) is 16.9. The molecule has 3 rings (SSSR count). The SMILES string of the molecule is O=C(COc1ccccc1C(=O)NCc1ccccc1)NC(=O)NC1CCCCC1. The number of hydrogen-bond acceptors (Lipinski definition) is 4. The summed E-state index contributed by atoms with van der Waals surface area (Å²) in [6.45, 7) is 0.0247. The van der Waals surface area contributed by atoms with Gasteiger partial charge in [0, 0.05) is 12.6 Å². The molecule has 0 atom stereocenters. The molecule has 0 unspecified atom stereocenters. The number of ether oxygens (including phenoxy) is 1. The summed E-state index contributed by atoms with van der Waals surface area (Å²) >= 11 is 0. The maximum Gasteiger partial charge on any atom is 0.321 e. The topological polar surface area (TPSA) is 96.5 Å². The molecular weight excluding hydrogens is 382 g/mol. The van der Waals surface area contributed by atoms with E-state index in [0.29, 0.717) is 12.1 Å². The van der Waals surface area contributed by atoms with Gasteiger partial charge in [-0.15, -0.1) is 0 Å². The highest BCUT2D eigenvalue weighted by atomic mass is 16.5. The van der Waals surface area contributed by atoms with Crippen LogP contribution >= 0.6 is 0 Å². The normalized spacial score (nSPS) is 13.9. The van der Waals surface area contributed by atoms with Crippen molar-refractivity contribution in [2.24, 2.45) is 0 Å². The van der Waals surface area contributed by atoms with Crippen LogP contribution in [0, 0.1) is 0 Å². The third-order valence-electron chi connectivity index (χ3n) is 4.98. The number of amides is 4. The average Bonchev–Trinajstić information content (AvgIpc) is 2.77. The molecule has 1 saturated carbocycles. The highest BCUT2D eigenvalue weighted by Crippen LogP contribution is 2.18. The minimum Gasteiger partial charge on any atom is -0.483 e. The molecule has 1 aliphatic carbocycles. The van der Waals surface area contributed by atoms with Crippen LogP contribution in [0.3, 0.4) is 0 Å². The molecule has 3 N–H and O–H groups in total. The van der Waals surface area contributed by atoms with Crippen molar-refractivity contribution in [3.8, 4) is 5.75 Å². The van der Waals surface area contributed by atoms with Crippen LogP contribution in [0.4, 0.5) is 4.79 Å². The summed E-state index contributed by atoms with van der Waals surface area (Å²) in [6, 6.07) is 15.9. The Kier molecular flexibility index (Phi) is 7.83. The number of carbonyl (C=O) groups excluding carboxylic acids is 3. The lowest BCUT2D eigenvalue weighted by Gasteiger charge is -2.22. The van der Waals surface area contributed by atoms with E-state index in [2.05, 4.69) is 16.0 Å². The van der Waals surface area contributed by atoms with E-state index in [-0.39, 0.29) is 24.3 Å². The van der Waals surface area contributed by atoms with Gasteiger partial charge in [-0.25, -0.2) is 4.79 Å². The van der Waals surface area contributed by atoms with Gasteiger partial charge in [0.1, 0.15) is 5.75 Å². The minimum absolute atomic E-state index is 0.113. The van der Waals surface area contributed by atoms with Crippen molar-refractivity contribution < 1.29 is 19.1 Å². The van der Waals surface area contributed by atoms with Crippen LogP contribution in [0.5, 0.6) is 5.75 Å². The van der Waals surface area contributed by atoms with Gasteiger partial charge in [0.2, 0.25) is 0 Å². The van der Waals surface area contributed by atoms with Gasteiger partial charge in [0.25, 0.3) is 11.8 Å². The molecule has 158 valence electrons. The zero-order valence-corrected chi connectivity index (χ0v) is 16.9. The molecular formula is C23H27N3O4. The van der Waals surface area contributed by atoms with Gasteiger partial charge >= 0.3 is 6.03 Å². The Morgan fingerprint density at radius 1 is 0.900 bits per heavy atom. The number of imide groups is 1. The van der Waals surface area contributed by atoms with Crippen LogP contribution in [-0.2, 0) is 11.3 Å². The Morgan fingerprint density at radius 3 is 2.37 bits per heavy atom. The van der Waals surface area contributed by atoms with Gasteiger partial charge in [-0.3, -0.25) is 14.9 Å². The fourth-order valence-electron chi connectivity index (χ4n) is 3.43. The Morgan fingerprint density at radius 2 is 1.60 bits per heavy atom. The van der Waals surface area contributed by atoms with Crippen LogP contribution in [0.25, 0.3) is 0 Å². The maximum absolute atomic E-state index is 12.5. The zero-order chi connectivity index (χ0) is 21.2. The summed E-state index contributed by atoms with van der Waals surface area (Å²) in [4.78, 5) is 36.6. The number of nitrogens with one attached hydrogen (secondary N) is 3. The van der Waals surface area contributed by atoms with E-state index in [0.717, 1.165) is 31.2 Å². The van der Waals surface area contributed by atoms with E-state index in [1.807, 2.05) is 30.3 Å². The first-order valence-corrected chi connectivity index (χ1v) is 10.3. The van der Waals surface area contributed by atoms with Crippen LogP contribution in [-0.4, -0.2) is 30.5 Å². The van der Waals surface area contributed by atoms with Crippen molar-refractivity contribution in [3.63, 3.8) is 0 Å². The number of hydrogen-bond donors (Lipinski definition) is 3. The maximum atomic E-state index is 12.5. The number of benzene rings is 2. The van der Waals surface area contributed by atoms with Crippen molar-refractivity contribution >= 4 is 17.8 Å². The fourth-order valence-corrected chi connectivity index (χ4v) is 3.43. The highest BCUT2D eigenvalue weighted by Gasteiger charge is 2.18. The van der Waals surface area contributed by atoms with Gasteiger partial charge in [0.05, 0.1) is 5.56 Å². The third-order valence-corrected chi connectivity index (χ3v) is 4.98. The molecule has 0 radical (unpaired) electrons. The molecule has 0 aliphatic heterocycles. The Hall–Kier alpha value is -3.35. The van der Waals surface area contributed by atoms with Crippen LogP contribution in [0.1, 0.15) is 48.0 Å². The van der Waals surface area contributed by atoms with Gasteiger partial charge in [-0.1, -0.05) is 61.7 Å². The van der Waals surface area contributed by atoms with Gasteiger partial charge in [-0.2, -0.15) is 0 Å². The first-order valence-electron chi connectivity index (χ1n) is 10.3. The lowest BCUT2D eigenvalue weighted by atomic mass is 9.96. The predicted octanol–water partition coefficient (Wildman–Crippen LogP) is 3.15. The largest absolute Gasteiger partial charge is 0.483 e. The second kappa shape index (κ2) is 11.0. The minimum atomic E-state index is -0.567. The highest BCUT2D eigenvalue weighted by molar-refractivity contribution is 5.97. The van der Waals surface area contributed by atoms with Gasteiger partial charge < -0.3 is 15.4 Å². The molecule has 0 heterocycles. The molecule has 1 aliphatic rings. The molecule has 4 amide bonds. The smallest absolute Gasteiger partial charge is 0.321 e. The molecule has 0 saturated heterocycles. The molecule has 1 fully saturated rings. The molecule has 7 heteroatoms. The van der Waals surface area contributed by atoms with Crippen LogP contribution < -0.4 is 20.7 Å². The Labute approximate surface area is 176 Å². The second-order valence-corrected chi connectivity index (χ2v) is 7.31. The summed E-state index contributed by atoms with van der Waals surface area (Å²) in [5.41, 5.74) is 1.31. The summed E-state index contributed by atoms with van der Waals surface area (Å²) < 4.78 is 5.51. The fraction of sp³-hybridized carbons (Fsp3) is 0.348. The number of rotatable bonds is 7. The van der Waals surface area contributed by atoms with E-state index < -0.39 is 11.9 Å². The molecule has 0 spiro atoms. The summed E-state index contributed by atoms with van der Waals surface area (Å²) in [5, 5.41) is 7.93. The molecule has 2 aromatic rings. The van der Waals surface area contributed by atoms with E-state index >= 15 is 0 Å². The van der Waals surface area contributed by atoms with Gasteiger partial charge in [0.15, 0.2) is 6.61 Å². The van der Waals surface area contributed by atoms with Crippen molar-refractivity contribution in [1.29, 1.82) is 0 Å². The van der Waals surface area contributed by atoms with Crippen LogP contribution in [0.15, 0.2) is 54.6 Å². The Bertz CT molecular complexity index is 864. The average molecular weight is 409 g/mol. The lowest BCUT2D eigenvalue weighted by Crippen LogP contribution is -2.46. The number of urea groups is 1. The molecule has 2 aromatic carbocycles. The molecule has 0 aromatic heterocycles. The monoisotopic (exact) mass is 409 g/mol. The van der Waals surface area contributed by atoms with Crippen LogP contribution in [0.2, 0.25) is 0 Å². The molecule has 0 bridgehead atoms. The standard InChI is InChI=1S/C23H27N3O4/c27-21(26-23(29)25-18-11-5-2-6-12-18)16-30-20-14-8-7-13-19(20)22(28)24-15-17-9-3-1-4-10-17/h1,3-4,7-10,13-14,18H,2,5-6,11-12,15-16H2,(H,24,28)(H2,25,26,27,29). The van der Waals surface area contributed by atoms with Crippen molar-refractivity contribution in [2.45, 2.75) is 44.7 Å². The summed E-state index contributed by atoms with van der Waals surface area (Å²) in [6.07, 6.45) is 5.23. The van der Waals surface area contributed by atoms with Crippen molar-refractivity contribution in [3.05, 3.63) is 65.7 Å². The van der Waals surface area contributed by atoms with Crippen molar-refractivity contribution in [2.75, 3.05) is 6.61 Å². The second-order valence-electron chi connectivity index (χ2n) is 7.31. The van der Waals surface area contributed by atoms with E-state index in [1.54, 1.807) is 24.3 Å². The first-order chi connectivity index (χ1) is 14.6. The quantitative estimate of drug-likeness (QED) is 0.654. The first kappa shape index (κ1) is 21.4. The number of para-hydroxylation sites is 1. The predicted molar refractivity (Wildman–Crippen MR) is 113 cm³/mol. The molecule has 30 heavy (non-hydrogen) atoms. The van der Waals surface area contributed by atoms with E-state index in [1.165, 1.54) is 6.42 Å². The number of carbonyl (C=O) groups is 3. The lowest BCUT2D eigenvalue weighted by molar-refractivity contribution is -0.122. The van der Waals surface area contributed by atoms with Crippen molar-refractivity contribution in [1.82, 2.24) is 16.0 Å². The third kappa shape index (κ3) is 6.62. The van der Waals surface area contributed by atoms with E-state index in [9.17, 15) is 14.4 Å². The summed E-state index contributed by atoms with van der Waals surface area (Å²) in [7, 11) is 0. The van der Waals surface area contributed by atoms with Gasteiger partial charge in [-0.05, 0) is 30.5 Å². The Balaban J connectivity index is 1.48. The summed E-state index contributed by atoms with van der Waals surface area (Å²) in [5.74, 6) is -0.585.